The maximum atomic E-state index is 10.2. The fourth-order valence-corrected chi connectivity index (χ4v) is 1.66. The average Bonchev–Trinajstić information content (AvgIpc) is 2.70. The Bertz CT molecular complexity index is 614. The number of aromatic nitrogens is 4. The number of hydrogen-bond donors (Lipinski definition) is 2. The van der Waals surface area contributed by atoms with Gasteiger partial charge in [-0.25, -0.2) is 0 Å². The lowest BCUT2D eigenvalue weighted by Gasteiger charge is -2.39. The third-order valence-corrected chi connectivity index (χ3v) is 3.93. The second-order valence-corrected chi connectivity index (χ2v) is 6.02. The van der Waals surface area contributed by atoms with Gasteiger partial charge < -0.3 is 10.4 Å². The van der Waals surface area contributed by atoms with Crippen LogP contribution in [0.5, 0.6) is 0 Å². The van der Waals surface area contributed by atoms with Crippen LogP contribution in [0, 0.1) is 6.92 Å². The Balaban J connectivity index is 2.57. The molecule has 0 radical (unpaired) electrons. The van der Waals surface area contributed by atoms with E-state index in [1.54, 1.807) is 18.4 Å². The van der Waals surface area contributed by atoms with E-state index in [1.165, 1.54) is 6.33 Å². The van der Waals surface area contributed by atoms with Crippen LogP contribution in [0.3, 0.4) is 0 Å². The van der Waals surface area contributed by atoms with E-state index in [4.69, 9.17) is 11.6 Å². The van der Waals surface area contributed by atoms with E-state index in [9.17, 15) is 5.11 Å². The highest BCUT2D eigenvalue weighted by Gasteiger charge is 2.36. The maximum absolute atomic E-state index is 10.2. The van der Waals surface area contributed by atoms with Crippen LogP contribution in [0.15, 0.2) is 6.33 Å². The van der Waals surface area contributed by atoms with Gasteiger partial charge in [0, 0.05) is 5.56 Å². The molecule has 0 aliphatic heterocycles. The Morgan fingerprint density at radius 1 is 1.32 bits per heavy atom. The number of nitrogens with zero attached hydrogens (tertiary/aromatic N) is 4. The minimum Gasteiger partial charge on any atom is -0.388 e. The smallest absolute Gasteiger partial charge is 0.255 e. The van der Waals surface area contributed by atoms with Crippen molar-refractivity contribution >= 4 is 23.2 Å². The Hall–Kier alpha value is -1.40. The molecule has 2 heterocycles. The summed E-state index contributed by atoms with van der Waals surface area (Å²) in [6.45, 7) is 9.15. The molecule has 0 amide bonds. The third-order valence-electron chi connectivity index (χ3n) is 3.56. The highest BCUT2D eigenvalue weighted by molar-refractivity contribution is 6.30. The van der Waals surface area contributed by atoms with Crippen molar-refractivity contribution in [1.82, 2.24) is 19.6 Å². The second kappa shape index (κ2) is 4.31. The lowest BCUT2D eigenvalue weighted by molar-refractivity contribution is 0.0238. The Morgan fingerprint density at radius 3 is 2.53 bits per heavy atom. The molecule has 19 heavy (non-hydrogen) atoms. The topological polar surface area (TPSA) is 75.3 Å². The molecule has 2 aromatic rings. The predicted octanol–water partition coefficient (Wildman–Crippen LogP) is 2.05. The van der Waals surface area contributed by atoms with Gasteiger partial charge in [0.1, 0.15) is 17.3 Å². The summed E-state index contributed by atoms with van der Waals surface area (Å²) < 4.78 is 1.58. The number of nitrogens with one attached hydrogen (secondary N) is 1. The number of rotatable bonds is 3. The van der Waals surface area contributed by atoms with Crippen LogP contribution in [0.2, 0.25) is 5.15 Å². The van der Waals surface area contributed by atoms with Crippen LogP contribution >= 0.6 is 11.6 Å². The minimum absolute atomic E-state index is 0.370. The van der Waals surface area contributed by atoms with Gasteiger partial charge in [0.05, 0.1) is 11.1 Å². The molecule has 6 nitrogen and oxygen atoms in total. The molecule has 0 spiro atoms. The van der Waals surface area contributed by atoms with Crippen LogP contribution in [-0.4, -0.2) is 35.8 Å². The standard InChI is InChI=1S/C12H18ClN5O/c1-7-8(13)16-10-14-6-15-18(10)9(7)17-11(2,3)12(4,5)19/h6,17,19H,1-5H3. The molecule has 2 rings (SSSR count). The van der Waals surface area contributed by atoms with Crippen molar-refractivity contribution in [3.05, 3.63) is 17.0 Å². The van der Waals surface area contributed by atoms with E-state index >= 15 is 0 Å². The predicted molar refractivity (Wildman–Crippen MR) is 74.5 cm³/mol. The summed E-state index contributed by atoms with van der Waals surface area (Å²) >= 11 is 6.10. The quantitative estimate of drug-likeness (QED) is 0.843. The molecule has 0 atom stereocenters. The molecule has 0 aromatic carbocycles. The van der Waals surface area contributed by atoms with Gasteiger partial charge in [0.2, 0.25) is 0 Å². The molecule has 7 heteroatoms. The second-order valence-electron chi connectivity index (χ2n) is 5.66. The molecule has 0 aliphatic rings. The summed E-state index contributed by atoms with van der Waals surface area (Å²) in [5.74, 6) is 1.10. The van der Waals surface area contributed by atoms with Crippen molar-refractivity contribution in [2.75, 3.05) is 5.32 Å². The highest BCUT2D eigenvalue weighted by Crippen LogP contribution is 2.29. The van der Waals surface area contributed by atoms with Gasteiger partial charge in [-0.15, -0.1) is 0 Å². The highest BCUT2D eigenvalue weighted by atomic mass is 35.5. The van der Waals surface area contributed by atoms with Crippen LogP contribution in [0.25, 0.3) is 5.78 Å². The van der Waals surface area contributed by atoms with Crippen molar-refractivity contribution in [2.24, 2.45) is 0 Å². The summed E-state index contributed by atoms with van der Waals surface area (Å²) in [5.41, 5.74) is -0.749. The van der Waals surface area contributed by atoms with Gasteiger partial charge in [-0.2, -0.15) is 19.6 Å². The van der Waals surface area contributed by atoms with Gasteiger partial charge in [-0.1, -0.05) is 11.6 Å². The molecule has 0 aliphatic carbocycles. The van der Waals surface area contributed by atoms with Crippen molar-refractivity contribution in [3.63, 3.8) is 0 Å². The fourth-order valence-electron chi connectivity index (χ4n) is 1.49. The zero-order chi connectivity index (χ0) is 14.4. The number of anilines is 1. The zero-order valence-corrected chi connectivity index (χ0v) is 12.4. The number of fused-ring (bicyclic) bond motifs is 1. The Kier molecular flexibility index (Phi) is 3.18. The number of hydrogen-bond acceptors (Lipinski definition) is 5. The van der Waals surface area contributed by atoms with Gasteiger partial charge in [0.25, 0.3) is 5.78 Å². The molecular formula is C12H18ClN5O. The van der Waals surface area contributed by atoms with E-state index in [0.717, 1.165) is 5.56 Å². The van der Waals surface area contributed by atoms with E-state index in [0.29, 0.717) is 16.7 Å². The third kappa shape index (κ3) is 2.37. The Morgan fingerprint density at radius 2 is 1.95 bits per heavy atom. The first-order valence-corrected chi connectivity index (χ1v) is 6.37. The van der Waals surface area contributed by atoms with Crippen molar-refractivity contribution in [2.45, 2.75) is 45.8 Å². The molecule has 0 saturated heterocycles. The summed E-state index contributed by atoms with van der Waals surface area (Å²) in [7, 11) is 0. The Labute approximate surface area is 116 Å². The number of halogens is 1. The molecule has 0 bridgehead atoms. The lowest BCUT2D eigenvalue weighted by atomic mass is 9.86. The SMILES string of the molecule is Cc1c(Cl)nc2ncnn2c1NC(C)(C)C(C)(C)O. The lowest BCUT2D eigenvalue weighted by Crippen LogP contribution is -2.51. The average molecular weight is 284 g/mol. The van der Waals surface area contributed by atoms with Crippen molar-refractivity contribution < 1.29 is 5.11 Å². The minimum atomic E-state index is -0.928. The first kappa shape index (κ1) is 14.0. The fraction of sp³-hybridized carbons (Fsp3) is 0.583. The van der Waals surface area contributed by atoms with E-state index in [1.807, 2.05) is 20.8 Å². The molecule has 0 unspecified atom stereocenters. The van der Waals surface area contributed by atoms with Gasteiger partial charge in [-0.3, -0.25) is 0 Å². The molecular weight excluding hydrogens is 266 g/mol. The van der Waals surface area contributed by atoms with Crippen LogP contribution < -0.4 is 5.32 Å². The van der Waals surface area contributed by atoms with E-state index < -0.39 is 11.1 Å². The van der Waals surface area contributed by atoms with Gasteiger partial charge in [0.15, 0.2) is 0 Å². The normalized spacial score (nSPS) is 13.0. The van der Waals surface area contributed by atoms with Gasteiger partial charge in [-0.05, 0) is 34.6 Å². The van der Waals surface area contributed by atoms with E-state index in [-0.39, 0.29) is 0 Å². The molecule has 0 fully saturated rings. The van der Waals surface area contributed by atoms with Crippen LogP contribution in [0.1, 0.15) is 33.3 Å². The summed E-state index contributed by atoms with van der Waals surface area (Å²) in [6.07, 6.45) is 1.42. The van der Waals surface area contributed by atoms with Crippen molar-refractivity contribution in [3.8, 4) is 0 Å². The van der Waals surface area contributed by atoms with Crippen LogP contribution in [0.4, 0.5) is 5.82 Å². The molecule has 104 valence electrons. The summed E-state index contributed by atoms with van der Waals surface area (Å²) in [5, 5.41) is 18.0. The summed E-state index contributed by atoms with van der Waals surface area (Å²) in [6, 6.07) is 0. The van der Waals surface area contributed by atoms with E-state index in [2.05, 4.69) is 20.4 Å². The van der Waals surface area contributed by atoms with Crippen LogP contribution in [-0.2, 0) is 0 Å². The first-order chi connectivity index (χ1) is 8.63. The largest absolute Gasteiger partial charge is 0.388 e. The first-order valence-electron chi connectivity index (χ1n) is 6.00. The molecule has 0 saturated carbocycles. The summed E-state index contributed by atoms with van der Waals surface area (Å²) in [4.78, 5) is 8.17. The monoisotopic (exact) mass is 283 g/mol. The van der Waals surface area contributed by atoms with Crippen molar-refractivity contribution in [1.29, 1.82) is 0 Å². The number of aliphatic hydroxyl groups is 1. The van der Waals surface area contributed by atoms with Gasteiger partial charge >= 0.3 is 0 Å². The zero-order valence-electron chi connectivity index (χ0n) is 11.7. The molecule has 2 aromatic heterocycles. The maximum Gasteiger partial charge on any atom is 0.255 e. The molecule has 2 N–H and O–H groups in total.